The minimum absolute atomic E-state index is 0.328. The average molecular weight is 313 g/mol. The van der Waals surface area contributed by atoms with E-state index in [1.807, 2.05) is 0 Å². The van der Waals surface area contributed by atoms with Crippen LogP contribution >= 0.6 is 15.9 Å². The summed E-state index contributed by atoms with van der Waals surface area (Å²) >= 11 is 3.32. The van der Waals surface area contributed by atoms with Gasteiger partial charge in [-0.3, -0.25) is 0 Å². The van der Waals surface area contributed by atoms with Crippen LogP contribution < -0.4 is 5.73 Å². The molecule has 1 aromatic carbocycles. The molecule has 1 aromatic heterocycles. The lowest BCUT2D eigenvalue weighted by atomic mass is 9.99. The Balaban J connectivity index is 2.58. The normalized spacial score (nSPS) is 11.2. The van der Waals surface area contributed by atoms with Gasteiger partial charge in [0.1, 0.15) is 5.82 Å². The van der Waals surface area contributed by atoms with Crippen molar-refractivity contribution in [1.82, 2.24) is 5.16 Å². The largest absolute Gasteiger partial charge is 0.381 e. The van der Waals surface area contributed by atoms with Gasteiger partial charge in [0.2, 0.25) is 0 Å². The summed E-state index contributed by atoms with van der Waals surface area (Å²) in [6, 6.07) is 4.78. The van der Waals surface area contributed by atoms with Crippen molar-refractivity contribution in [2.24, 2.45) is 5.92 Å². The summed E-state index contributed by atoms with van der Waals surface area (Å²) in [6.07, 6.45) is 0.700. The van der Waals surface area contributed by atoms with Gasteiger partial charge in [-0.2, -0.15) is 0 Å². The van der Waals surface area contributed by atoms with Gasteiger partial charge in [0, 0.05) is 10.0 Å². The van der Waals surface area contributed by atoms with Crippen LogP contribution in [0.2, 0.25) is 0 Å². The lowest BCUT2D eigenvalue weighted by molar-refractivity contribution is 0.431. The molecule has 2 rings (SSSR count). The van der Waals surface area contributed by atoms with Crippen molar-refractivity contribution in [3.63, 3.8) is 0 Å². The molecule has 0 bridgehead atoms. The molecule has 2 N–H and O–H groups in total. The van der Waals surface area contributed by atoms with Crippen molar-refractivity contribution in [1.29, 1.82) is 0 Å². The van der Waals surface area contributed by atoms with Crippen LogP contribution in [-0.2, 0) is 6.42 Å². The summed E-state index contributed by atoms with van der Waals surface area (Å²) in [5, 5.41) is 3.74. The van der Waals surface area contributed by atoms with Crippen LogP contribution in [0.3, 0.4) is 0 Å². The topological polar surface area (TPSA) is 52.0 Å². The molecule has 5 heteroatoms. The number of aromatic nitrogens is 1. The number of anilines is 1. The molecule has 2 aromatic rings. The second kappa shape index (κ2) is 5.10. The van der Waals surface area contributed by atoms with Gasteiger partial charge in [-0.1, -0.05) is 25.1 Å². The van der Waals surface area contributed by atoms with Crippen LogP contribution in [0, 0.1) is 11.7 Å². The molecule has 0 aliphatic carbocycles. The molecular formula is C13H14BrFN2O. The number of benzene rings is 1. The van der Waals surface area contributed by atoms with Crippen LogP contribution in [0.25, 0.3) is 11.3 Å². The van der Waals surface area contributed by atoms with Crippen molar-refractivity contribution in [3.8, 4) is 11.3 Å². The van der Waals surface area contributed by atoms with Crippen LogP contribution in [0.5, 0.6) is 0 Å². The highest BCUT2D eigenvalue weighted by molar-refractivity contribution is 9.10. The van der Waals surface area contributed by atoms with Gasteiger partial charge in [0.15, 0.2) is 11.6 Å². The first-order chi connectivity index (χ1) is 8.50. The van der Waals surface area contributed by atoms with Crippen LogP contribution in [0.15, 0.2) is 27.2 Å². The molecule has 0 atom stereocenters. The lowest BCUT2D eigenvalue weighted by Gasteiger charge is -2.07. The monoisotopic (exact) mass is 312 g/mol. The lowest BCUT2D eigenvalue weighted by Crippen LogP contribution is -1.99. The molecule has 0 unspecified atom stereocenters. The summed E-state index contributed by atoms with van der Waals surface area (Å²) in [7, 11) is 0. The second-order valence-corrected chi connectivity index (χ2v) is 5.42. The minimum Gasteiger partial charge on any atom is -0.381 e. The van der Waals surface area contributed by atoms with Crippen molar-refractivity contribution in [3.05, 3.63) is 34.1 Å². The Labute approximate surface area is 113 Å². The SMILES string of the molecule is CC(C)Cc1c(N)noc1-c1c(F)cccc1Br. The molecule has 1 heterocycles. The number of nitrogen functional groups attached to an aromatic ring is 1. The predicted molar refractivity (Wildman–Crippen MR) is 72.6 cm³/mol. The standard InChI is InChI=1S/C13H14BrFN2O/c1-7(2)6-8-12(18-17-13(8)16)11-9(14)4-3-5-10(11)15/h3-5,7H,6H2,1-2H3,(H2,16,17). The van der Waals surface area contributed by atoms with Crippen molar-refractivity contribution >= 4 is 21.7 Å². The van der Waals surface area contributed by atoms with E-state index in [4.69, 9.17) is 10.3 Å². The van der Waals surface area contributed by atoms with E-state index in [9.17, 15) is 4.39 Å². The van der Waals surface area contributed by atoms with Gasteiger partial charge < -0.3 is 10.3 Å². The van der Waals surface area contributed by atoms with Gasteiger partial charge in [-0.15, -0.1) is 0 Å². The summed E-state index contributed by atoms with van der Waals surface area (Å²) < 4.78 is 19.7. The van der Waals surface area contributed by atoms with Crippen LogP contribution in [0.1, 0.15) is 19.4 Å². The zero-order chi connectivity index (χ0) is 13.3. The third-order valence-electron chi connectivity index (χ3n) is 2.62. The van der Waals surface area contributed by atoms with E-state index >= 15 is 0 Å². The summed E-state index contributed by atoms with van der Waals surface area (Å²) in [4.78, 5) is 0. The Hall–Kier alpha value is -1.36. The highest BCUT2D eigenvalue weighted by Crippen LogP contribution is 2.36. The van der Waals surface area contributed by atoms with Gasteiger partial charge in [0.05, 0.1) is 5.56 Å². The van der Waals surface area contributed by atoms with Crippen LogP contribution in [-0.4, -0.2) is 5.16 Å². The first-order valence-electron chi connectivity index (χ1n) is 5.69. The number of rotatable bonds is 3. The van der Waals surface area contributed by atoms with Gasteiger partial charge in [-0.25, -0.2) is 4.39 Å². The Morgan fingerprint density at radius 2 is 2.17 bits per heavy atom. The maximum atomic E-state index is 13.9. The molecule has 0 saturated heterocycles. The first-order valence-corrected chi connectivity index (χ1v) is 6.48. The molecule has 0 amide bonds. The number of nitrogens with two attached hydrogens (primary N) is 1. The fourth-order valence-corrected chi connectivity index (χ4v) is 2.36. The Kier molecular flexibility index (Phi) is 3.71. The maximum Gasteiger partial charge on any atom is 0.176 e. The van der Waals surface area contributed by atoms with Gasteiger partial charge >= 0.3 is 0 Å². The molecule has 0 aliphatic rings. The molecule has 0 fully saturated rings. The Bertz CT molecular complexity index is 546. The van der Waals surface area contributed by atoms with E-state index in [-0.39, 0.29) is 5.82 Å². The summed E-state index contributed by atoms with van der Waals surface area (Å²) in [5.41, 5.74) is 6.92. The summed E-state index contributed by atoms with van der Waals surface area (Å²) in [6.45, 7) is 4.12. The number of hydrogen-bond acceptors (Lipinski definition) is 3. The average Bonchev–Trinajstić information content (AvgIpc) is 2.61. The summed E-state index contributed by atoms with van der Waals surface area (Å²) in [5.74, 6) is 0.765. The zero-order valence-corrected chi connectivity index (χ0v) is 11.8. The molecule has 0 saturated carbocycles. The van der Waals surface area contributed by atoms with E-state index in [1.54, 1.807) is 12.1 Å². The zero-order valence-electron chi connectivity index (χ0n) is 10.2. The molecule has 96 valence electrons. The molecule has 0 radical (unpaired) electrons. The first kappa shape index (κ1) is 13.1. The Morgan fingerprint density at radius 3 is 2.78 bits per heavy atom. The fourth-order valence-electron chi connectivity index (χ4n) is 1.84. The highest BCUT2D eigenvalue weighted by atomic mass is 79.9. The third kappa shape index (κ3) is 2.41. The quantitative estimate of drug-likeness (QED) is 0.931. The Morgan fingerprint density at radius 1 is 1.44 bits per heavy atom. The molecule has 18 heavy (non-hydrogen) atoms. The number of hydrogen-bond donors (Lipinski definition) is 1. The number of halogens is 2. The van der Waals surface area contributed by atoms with Gasteiger partial charge in [0.25, 0.3) is 0 Å². The van der Waals surface area contributed by atoms with Crippen molar-refractivity contribution < 1.29 is 8.91 Å². The van der Waals surface area contributed by atoms with E-state index in [0.717, 1.165) is 5.56 Å². The smallest absolute Gasteiger partial charge is 0.176 e. The van der Waals surface area contributed by atoms with Crippen molar-refractivity contribution in [2.45, 2.75) is 20.3 Å². The van der Waals surface area contributed by atoms with Crippen LogP contribution in [0.4, 0.5) is 10.2 Å². The maximum absolute atomic E-state index is 13.9. The minimum atomic E-state index is -0.356. The fraction of sp³-hybridized carbons (Fsp3) is 0.308. The molecule has 3 nitrogen and oxygen atoms in total. The highest BCUT2D eigenvalue weighted by Gasteiger charge is 2.21. The van der Waals surface area contributed by atoms with E-state index < -0.39 is 0 Å². The number of nitrogens with zero attached hydrogens (tertiary/aromatic N) is 1. The van der Waals surface area contributed by atoms with E-state index in [2.05, 4.69) is 34.9 Å². The predicted octanol–water partition coefficient (Wildman–Crippen LogP) is 4.02. The third-order valence-corrected chi connectivity index (χ3v) is 3.28. The van der Waals surface area contributed by atoms with Crippen molar-refractivity contribution in [2.75, 3.05) is 5.73 Å². The molecule has 0 aliphatic heterocycles. The van der Waals surface area contributed by atoms with Gasteiger partial charge in [-0.05, 0) is 40.4 Å². The molecular weight excluding hydrogens is 299 g/mol. The second-order valence-electron chi connectivity index (χ2n) is 4.57. The molecule has 0 spiro atoms. The van der Waals surface area contributed by atoms with E-state index in [0.29, 0.717) is 34.0 Å². The van der Waals surface area contributed by atoms with E-state index in [1.165, 1.54) is 6.07 Å².